The number of hydrogen-bond donors (Lipinski definition) is 3. The number of nitrogens with one attached hydrogen (secondary N) is 1. The van der Waals surface area contributed by atoms with Gasteiger partial charge in [-0.05, 0) is 73.8 Å². The first-order chi connectivity index (χ1) is 17.1. The Labute approximate surface area is 207 Å². The molecule has 0 spiro atoms. The number of unbranched alkanes of at least 4 members (excludes halogenated alkanes) is 1. The first kappa shape index (κ1) is 25.1. The molecule has 35 heavy (non-hydrogen) atoms. The van der Waals surface area contributed by atoms with Gasteiger partial charge in [0, 0.05) is 31.3 Å². The van der Waals surface area contributed by atoms with Gasteiger partial charge in [0.25, 0.3) is 0 Å². The summed E-state index contributed by atoms with van der Waals surface area (Å²) in [5.74, 6) is 1.66. The van der Waals surface area contributed by atoms with E-state index in [4.69, 9.17) is 4.74 Å². The Kier molecular flexibility index (Phi) is 9.09. The molecule has 5 atom stereocenters. The molecule has 1 heterocycles. The summed E-state index contributed by atoms with van der Waals surface area (Å²) in [6.45, 7) is 0.733. The number of allylic oxidation sites excluding steroid dienone is 2. The Morgan fingerprint density at radius 2 is 1.97 bits per heavy atom. The summed E-state index contributed by atoms with van der Waals surface area (Å²) < 4.78 is 5.62. The minimum atomic E-state index is -0.708. The first-order valence-corrected chi connectivity index (χ1v) is 12.7. The molecule has 2 aromatic rings. The van der Waals surface area contributed by atoms with Crippen molar-refractivity contribution in [1.82, 2.24) is 10.3 Å². The molecule has 0 unspecified atom stereocenters. The van der Waals surface area contributed by atoms with Crippen molar-refractivity contribution in [2.24, 2.45) is 17.8 Å². The van der Waals surface area contributed by atoms with Crippen molar-refractivity contribution in [2.45, 2.75) is 57.3 Å². The lowest BCUT2D eigenvalue weighted by atomic mass is 9.88. The molecule has 3 N–H and O–H groups in total. The molecule has 0 aliphatic heterocycles. The summed E-state index contributed by atoms with van der Waals surface area (Å²) in [7, 11) is 0. The molecule has 6 heteroatoms. The van der Waals surface area contributed by atoms with Crippen LogP contribution in [-0.2, 0) is 11.3 Å². The van der Waals surface area contributed by atoms with E-state index in [0.29, 0.717) is 24.8 Å². The fraction of sp³-hybridized carbons (Fsp3) is 0.448. The van der Waals surface area contributed by atoms with Gasteiger partial charge in [-0.25, -0.2) is 0 Å². The third-order valence-electron chi connectivity index (χ3n) is 7.06. The van der Waals surface area contributed by atoms with Crippen LogP contribution in [0.1, 0.15) is 44.1 Å². The Bertz CT molecular complexity index is 992. The number of fused-ring (bicyclic) bond motifs is 1. The molecule has 1 fully saturated rings. The van der Waals surface area contributed by atoms with Crippen LogP contribution in [0.3, 0.4) is 0 Å². The maximum atomic E-state index is 12.1. The van der Waals surface area contributed by atoms with E-state index in [-0.39, 0.29) is 24.5 Å². The highest BCUT2D eigenvalue weighted by Crippen LogP contribution is 2.48. The third-order valence-corrected chi connectivity index (χ3v) is 7.06. The highest BCUT2D eigenvalue weighted by molar-refractivity contribution is 5.75. The molecule has 1 amide bonds. The standard InChI is InChI=1S/C29H36N2O4/c32-24(20-35-25-7-2-1-3-8-25)10-11-26-27-17-22(16-23(27)18-28(26)33)6-4-5-9-29(34)31-19-21-12-14-30-15-13-21/h1-3,7-8,10-16,23-24,26-28,32-33H,4-6,9,17-20H2,(H,31,34)/t23-,24+,26+,27-,28+/m0/s1. The van der Waals surface area contributed by atoms with Crippen LogP contribution >= 0.6 is 0 Å². The summed E-state index contributed by atoms with van der Waals surface area (Å²) >= 11 is 0. The molecule has 1 saturated carbocycles. The van der Waals surface area contributed by atoms with Crippen molar-refractivity contribution >= 4 is 5.91 Å². The quantitative estimate of drug-likeness (QED) is 0.316. The number of benzene rings is 1. The van der Waals surface area contributed by atoms with Crippen LogP contribution in [0.4, 0.5) is 0 Å². The number of pyridine rings is 1. The molecule has 0 radical (unpaired) electrons. The van der Waals surface area contributed by atoms with Crippen LogP contribution in [-0.4, -0.2) is 39.9 Å². The van der Waals surface area contributed by atoms with Crippen molar-refractivity contribution in [3.8, 4) is 5.75 Å². The number of rotatable bonds is 12. The monoisotopic (exact) mass is 476 g/mol. The zero-order valence-electron chi connectivity index (χ0n) is 20.1. The van der Waals surface area contributed by atoms with Gasteiger partial charge in [-0.2, -0.15) is 0 Å². The average Bonchev–Trinajstić information content (AvgIpc) is 3.40. The van der Waals surface area contributed by atoms with Gasteiger partial charge in [0.05, 0.1) is 6.10 Å². The van der Waals surface area contributed by atoms with Crippen LogP contribution < -0.4 is 10.1 Å². The number of para-hydroxylation sites is 1. The van der Waals surface area contributed by atoms with Gasteiger partial charge >= 0.3 is 0 Å². The molecule has 186 valence electrons. The second kappa shape index (κ2) is 12.7. The Morgan fingerprint density at radius 1 is 1.17 bits per heavy atom. The number of carbonyl (C=O) groups is 1. The number of amides is 1. The fourth-order valence-corrected chi connectivity index (χ4v) is 5.23. The number of ether oxygens (including phenoxy) is 1. The molecule has 1 aromatic heterocycles. The van der Waals surface area contributed by atoms with Crippen molar-refractivity contribution in [3.05, 3.63) is 84.2 Å². The number of hydrogen-bond acceptors (Lipinski definition) is 5. The maximum Gasteiger partial charge on any atom is 0.220 e. The van der Waals surface area contributed by atoms with E-state index in [1.165, 1.54) is 5.57 Å². The largest absolute Gasteiger partial charge is 0.491 e. The number of nitrogens with zero attached hydrogens (tertiary/aromatic N) is 1. The predicted octanol–water partition coefficient (Wildman–Crippen LogP) is 4.20. The molecule has 4 rings (SSSR count). The second-order valence-electron chi connectivity index (χ2n) is 9.65. The number of carbonyl (C=O) groups excluding carboxylic acids is 1. The van der Waals surface area contributed by atoms with Gasteiger partial charge in [0.1, 0.15) is 18.5 Å². The van der Waals surface area contributed by atoms with Gasteiger partial charge < -0.3 is 20.3 Å². The molecular formula is C29H36N2O4. The summed E-state index contributed by atoms with van der Waals surface area (Å²) in [5.41, 5.74) is 2.49. The van der Waals surface area contributed by atoms with E-state index in [1.54, 1.807) is 18.5 Å². The molecule has 2 aliphatic carbocycles. The van der Waals surface area contributed by atoms with E-state index in [9.17, 15) is 15.0 Å². The van der Waals surface area contributed by atoms with E-state index in [0.717, 1.165) is 43.4 Å². The summed E-state index contributed by atoms with van der Waals surface area (Å²) in [6.07, 6.45) is 13.6. The SMILES string of the molecule is O=C(CCCCC1=C[C@H]2C[C@@H](O)[C@H](C=C[C@@H](O)COc3ccccc3)[C@H]2C1)NCc1ccncc1. The highest BCUT2D eigenvalue weighted by Gasteiger charge is 2.43. The van der Waals surface area contributed by atoms with Crippen LogP contribution in [0, 0.1) is 17.8 Å². The normalized spacial score (nSPS) is 24.2. The molecule has 0 saturated heterocycles. The molecule has 1 aromatic carbocycles. The van der Waals surface area contributed by atoms with Gasteiger partial charge in [-0.1, -0.05) is 42.0 Å². The van der Waals surface area contributed by atoms with Crippen LogP contribution in [0.25, 0.3) is 0 Å². The third kappa shape index (κ3) is 7.51. The molecule has 6 nitrogen and oxygen atoms in total. The Hall–Kier alpha value is -2.96. The van der Waals surface area contributed by atoms with Gasteiger partial charge in [0.2, 0.25) is 5.91 Å². The van der Waals surface area contributed by atoms with Crippen LogP contribution in [0.15, 0.2) is 78.7 Å². The predicted molar refractivity (Wildman–Crippen MR) is 135 cm³/mol. The Morgan fingerprint density at radius 3 is 2.77 bits per heavy atom. The molecule has 2 aliphatic rings. The van der Waals surface area contributed by atoms with Gasteiger partial charge in [-0.15, -0.1) is 0 Å². The van der Waals surface area contributed by atoms with E-state index in [1.807, 2.05) is 48.5 Å². The van der Waals surface area contributed by atoms with E-state index < -0.39 is 6.10 Å². The zero-order valence-corrected chi connectivity index (χ0v) is 20.1. The summed E-state index contributed by atoms with van der Waals surface area (Å²) in [6, 6.07) is 13.3. The lowest BCUT2D eigenvalue weighted by Gasteiger charge is -2.19. The van der Waals surface area contributed by atoms with E-state index >= 15 is 0 Å². The van der Waals surface area contributed by atoms with Crippen molar-refractivity contribution in [2.75, 3.05) is 6.61 Å². The first-order valence-electron chi connectivity index (χ1n) is 12.7. The van der Waals surface area contributed by atoms with Crippen LogP contribution in [0.5, 0.6) is 5.75 Å². The minimum Gasteiger partial charge on any atom is -0.491 e. The average molecular weight is 477 g/mol. The highest BCUT2D eigenvalue weighted by atomic mass is 16.5. The summed E-state index contributed by atoms with van der Waals surface area (Å²) in [5, 5.41) is 23.8. The lowest BCUT2D eigenvalue weighted by molar-refractivity contribution is -0.121. The minimum absolute atomic E-state index is 0.0547. The molecular weight excluding hydrogens is 440 g/mol. The number of aromatic nitrogens is 1. The second-order valence-corrected chi connectivity index (χ2v) is 9.65. The fourth-order valence-electron chi connectivity index (χ4n) is 5.23. The number of aliphatic hydroxyl groups is 2. The smallest absolute Gasteiger partial charge is 0.220 e. The zero-order chi connectivity index (χ0) is 24.5. The number of aliphatic hydroxyl groups excluding tert-OH is 2. The topological polar surface area (TPSA) is 91.7 Å². The Balaban J connectivity index is 1.15. The van der Waals surface area contributed by atoms with Crippen LogP contribution in [0.2, 0.25) is 0 Å². The summed E-state index contributed by atoms with van der Waals surface area (Å²) in [4.78, 5) is 16.1. The van der Waals surface area contributed by atoms with Crippen molar-refractivity contribution < 1.29 is 19.7 Å². The van der Waals surface area contributed by atoms with Gasteiger partial charge in [-0.3, -0.25) is 9.78 Å². The molecule has 0 bridgehead atoms. The van der Waals surface area contributed by atoms with Crippen molar-refractivity contribution in [1.29, 1.82) is 0 Å². The van der Waals surface area contributed by atoms with Gasteiger partial charge in [0.15, 0.2) is 0 Å². The van der Waals surface area contributed by atoms with E-state index in [2.05, 4.69) is 16.4 Å². The van der Waals surface area contributed by atoms with Crippen molar-refractivity contribution in [3.63, 3.8) is 0 Å². The maximum absolute atomic E-state index is 12.1. The lowest BCUT2D eigenvalue weighted by Crippen LogP contribution is -2.22.